The van der Waals surface area contributed by atoms with Gasteiger partial charge in [0.05, 0.1) is 0 Å². The maximum Gasteiger partial charge on any atom is 0.324 e. The van der Waals surface area contributed by atoms with Crippen LogP contribution >= 0.6 is 8.60 Å². The van der Waals surface area contributed by atoms with E-state index in [2.05, 4.69) is 41.5 Å². The highest BCUT2D eigenvalue weighted by atomic mass is 31.2. The summed E-state index contributed by atoms with van der Waals surface area (Å²) in [5.41, 5.74) is 0. The van der Waals surface area contributed by atoms with E-state index in [4.69, 9.17) is 14.7 Å². The summed E-state index contributed by atoms with van der Waals surface area (Å²) >= 11 is 0. The second kappa shape index (κ2) is 52.0. The van der Waals surface area contributed by atoms with Crippen molar-refractivity contribution in [3.05, 3.63) is 0 Å². The van der Waals surface area contributed by atoms with Crippen molar-refractivity contribution in [1.82, 2.24) is 0 Å². The zero-order valence-electron chi connectivity index (χ0n) is 29.0. The second-order valence-corrected chi connectivity index (χ2v) is 12.3. The number of hydrogen-bond donors (Lipinski definition) is 3. The van der Waals surface area contributed by atoms with E-state index in [9.17, 15) is 0 Å². The van der Waals surface area contributed by atoms with Crippen molar-refractivity contribution < 1.29 is 14.7 Å². The summed E-state index contributed by atoms with van der Waals surface area (Å²) in [6.45, 7) is 13.7. The first-order valence-corrected chi connectivity index (χ1v) is 19.5. The van der Waals surface area contributed by atoms with Crippen LogP contribution in [-0.2, 0) is 0 Å². The third-order valence-corrected chi connectivity index (χ3v) is 7.37. The van der Waals surface area contributed by atoms with Gasteiger partial charge in [-0.1, -0.05) is 234 Å². The molecule has 0 amide bonds. The highest BCUT2D eigenvalue weighted by molar-refractivity contribution is 7.38. The smallest absolute Gasteiger partial charge is 0.324 e. The van der Waals surface area contributed by atoms with Crippen molar-refractivity contribution in [3.8, 4) is 0 Å². The molecule has 0 heterocycles. The average molecular weight is 593 g/mol. The lowest BCUT2D eigenvalue weighted by molar-refractivity contribution is 0.368. The van der Waals surface area contributed by atoms with Crippen LogP contribution < -0.4 is 0 Å². The molecule has 3 N–H and O–H groups in total. The standard InChI is InChI=1S/3C12H26.H3O3P/c3*1-3-5-7-9-11-12-10-8-6-4-2;1-4(2)3/h3*3-12H2,1-2H3;1-3H. The third kappa shape index (κ3) is 71.5. The van der Waals surface area contributed by atoms with E-state index in [-0.39, 0.29) is 0 Å². The lowest BCUT2D eigenvalue weighted by atomic mass is 10.1. The van der Waals surface area contributed by atoms with Gasteiger partial charge in [-0.3, -0.25) is 0 Å². The van der Waals surface area contributed by atoms with Crippen LogP contribution in [0.4, 0.5) is 0 Å². The Morgan fingerprint density at radius 3 is 0.375 bits per heavy atom. The van der Waals surface area contributed by atoms with Gasteiger partial charge in [-0.05, 0) is 0 Å². The molecule has 0 aliphatic heterocycles. The topological polar surface area (TPSA) is 60.7 Å². The minimum Gasteiger partial charge on any atom is -0.328 e. The molecule has 0 aliphatic rings. The zero-order chi connectivity index (χ0) is 30.8. The van der Waals surface area contributed by atoms with Crippen LogP contribution in [0.25, 0.3) is 0 Å². The van der Waals surface area contributed by atoms with E-state index in [0.717, 1.165) is 0 Å². The fraction of sp³-hybridized carbons (Fsp3) is 1.00. The van der Waals surface area contributed by atoms with Gasteiger partial charge in [-0.25, -0.2) is 0 Å². The van der Waals surface area contributed by atoms with Gasteiger partial charge < -0.3 is 14.7 Å². The lowest BCUT2D eigenvalue weighted by Gasteiger charge is -1.99. The molecular weight excluding hydrogens is 511 g/mol. The molecule has 0 rings (SSSR count). The quantitative estimate of drug-likeness (QED) is 0.0656. The Bertz CT molecular complexity index is 273. The van der Waals surface area contributed by atoms with Crippen LogP contribution in [0.1, 0.15) is 234 Å². The number of hydrogen-bond acceptors (Lipinski definition) is 3. The largest absolute Gasteiger partial charge is 0.328 e. The maximum absolute atomic E-state index is 7.23. The van der Waals surface area contributed by atoms with E-state index in [1.54, 1.807) is 0 Å². The van der Waals surface area contributed by atoms with Crippen molar-refractivity contribution >= 4 is 8.60 Å². The summed E-state index contributed by atoms with van der Waals surface area (Å²) in [7, 11) is -2.62. The van der Waals surface area contributed by atoms with Crippen LogP contribution in [0.15, 0.2) is 0 Å². The third-order valence-electron chi connectivity index (χ3n) is 7.37. The molecule has 0 spiro atoms. The maximum atomic E-state index is 7.23. The van der Waals surface area contributed by atoms with Gasteiger partial charge in [0, 0.05) is 0 Å². The zero-order valence-corrected chi connectivity index (χ0v) is 29.9. The van der Waals surface area contributed by atoms with E-state index in [1.807, 2.05) is 0 Å². The molecule has 0 saturated carbocycles. The molecule has 0 fully saturated rings. The predicted octanol–water partition coefficient (Wildman–Crippen LogP) is 14.0. The summed E-state index contributed by atoms with van der Waals surface area (Å²) in [4.78, 5) is 21.7. The molecule has 0 atom stereocenters. The summed E-state index contributed by atoms with van der Waals surface area (Å²) in [5.74, 6) is 0. The second-order valence-electron chi connectivity index (χ2n) is 11.8. The Morgan fingerprint density at radius 1 is 0.225 bits per heavy atom. The van der Waals surface area contributed by atoms with Gasteiger partial charge in [0.1, 0.15) is 0 Å². The van der Waals surface area contributed by atoms with Crippen molar-refractivity contribution in [3.63, 3.8) is 0 Å². The molecule has 0 radical (unpaired) electrons. The van der Waals surface area contributed by atoms with Crippen molar-refractivity contribution in [1.29, 1.82) is 0 Å². The van der Waals surface area contributed by atoms with Gasteiger partial charge in [0.15, 0.2) is 0 Å². The number of unbranched alkanes of at least 4 members (excludes halogenated alkanes) is 27. The Kier molecular flexibility index (Phi) is 61.4. The van der Waals surface area contributed by atoms with E-state index in [1.165, 1.54) is 193 Å². The van der Waals surface area contributed by atoms with Crippen molar-refractivity contribution in [2.45, 2.75) is 234 Å². The Hall–Kier alpha value is 0.310. The van der Waals surface area contributed by atoms with E-state index in [0.29, 0.717) is 0 Å². The minimum absolute atomic E-state index is 1.37. The molecule has 4 heteroatoms. The highest BCUT2D eigenvalue weighted by Crippen LogP contribution is 2.12. The normalized spacial score (nSPS) is 10.3. The highest BCUT2D eigenvalue weighted by Gasteiger charge is 1.92. The van der Waals surface area contributed by atoms with E-state index >= 15 is 0 Å². The van der Waals surface area contributed by atoms with Gasteiger partial charge in [0.2, 0.25) is 0 Å². The van der Waals surface area contributed by atoms with Crippen LogP contribution in [0, 0.1) is 0 Å². The molecule has 3 nitrogen and oxygen atoms in total. The molecule has 0 saturated heterocycles. The first-order valence-electron chi connectivity index (χ1n) is 18.3. The molecule has 248 valence electrons. The van der Waals surface area contributed by atoms with Gasteiger partial charge in [-0.15, -0.1) is 0 Å². The van der Waals surface area contributed by atoms with Crippen LogP contribution in [0.5, 0.6) is 0 Å². The summed E-state index contributed by atoms with van der Waals surface area (Å²) in [6, 6.07) is 0. The molecule has 40 heavy (non-hydrogen) atoms. The lowest BCUT2D eigenvalue weighted by Crippen LogP contribution is -1.80. The van der Waals surface area contributed by atoms with E-state index < -0.39 is 8.60 Å². The molecule has 0 aromatic carbocycles. The first-order chi connectivity index (χ1) is 19.5. The molecule has 0 aliphatic carbocycles. The summed E-state index contributed by atoms with van der Waals surface area (Å²) < 4.78 is 0. The summed E-state index contributed by atoms with van der Waals surface area (Å²) in [6.07, 6.45) is 43.3. The molecule has 0 unspecified atom stereocenters. The fourth-order valence-electron chi connectivity index (χ4n) is 4.68. The van der Waals surface area contributed by atoms with Crippen LogP contribution in [-0.4, -0.2) is 14.7 Å². The van der Waals surface area contributed by atoms with Crippen LogP contribution in [0.3, 0.4) is 0 Å². The minimum atomic E-state index is -2.62. The Labute approximate surface area is 257 Å². The average Bonchev–Trinajstić information content (AvgIpc) is 2.94. The Morgan fingerprint density at radius 2 is 0.300 bits per heavy atom. The molecular formula is C36H81O3P. The van der Waals surface area contributed by atoms with Crippen molar-refractivity contribution in [2.75, 3.05) is 0 Å². The predicted molar refractivity (Wildman–Crippen MR) is 186 cm³/mol. The first kappa shape index (κ1) is 47.2. The molecule has 0 bridgehead atoms. The summed E-state index contributed by atoms with van der Waals surface area (Å²) in [5, 5.41) is 0. The monoisotopic (exact) mass is 593 g/mol. The molecule has 0 aromatic heterocycles. The van der Waals surface area contributed by atoms with Gasteiger partial charge in [0.25, 0.3) is 0 Å². The van der Waals surface area contributed by atoms with Crippen molar-refractivity contribution in [2.24, 2.45) is 0 Å². The molecule has 0 aromatic rings. The fourth-order valence-corrected chi connectivity index (χ4v) is 4.68. The SMILES string of the molecule is CCCCCCCCCCCC.CCCCCCCCCCCC.CCCCCCCCCCCC.OP(O)O. The van der Waals surface area contributed by atoms with Gasteiger partial charge in [-0.2, -0.15) is 0 Å². The Balaban J connectivity index is -0.000000227. The van der Waals surface area contributed by atoms with Gasteiger partial charge >= 0.3 is 8.60 Å². The number of rotatable bonds is 27. The van der Waals surface area contributed by atoms with Crippen LogP contribution in [0.2, 0.25) is 0 Å².